The summed E-state index contributed by atoms with van der Waals surface area (Å²) in [5, 5.41) is 4.05. The molecule has 4 rings (SSSR count). The molecule has 0 atom stereocenters. The Morgan fingerprint density at radius 2 is 1.79 bits per heavy atom. The van der Waals surface area contributed by atoms with Gasteiger partial charge in [-0.15, -0.1) is 0 Å². The number of rotatable bonds is 4. The van der Waals surface area contributed by atoms with E-state index >= 15 is 0 Å². The van der Waals surface area contributed by atoms with Crippen LogP contribution in [0, 0.1) is 0 Å². The zero-order valence-electron chi connectivity index (χ0n) is 13.4. The van der Waals surface area contributed by atoms with Crippen LogP contribution in [0.4, 0.5) is 5.69 Å². The van der Waals surface area contributed by atoms with Crippen LogP contribution in [0.15, 0.2) is 51.6 Å². The van der Waals surface area contributed by atoms with E-state index in [4.69, 9.17) is 8.94 Å². The van der Waals surface area contributed by atoms with Crippen molar-refractivity contribution in [3.8, 4) is 11.4 Å². The molecule has 5 nitrogen and oxygen atoms in total. The molecule has 1 aliphatic heterocycles. The first-order chi connectivity index (χ1) is 11.9. The molecular weight excluding hydrogens is 302 g/mol. The maximum absolute atomic E-state index is 5.26. The van der Waals surface area contributed by atoms with Crippen LogP contribution in [0.2, 0.25) is 0 Å². The predicted octanol–water partition coefficient (Wildman–Crippen LogP) is 4.49. The smallest absolute Gasteiger partial charge is 0.251 e. The Labute approximate surface area is 140 Å². The summed E-state index contributed by atoms with van der Waals surface area (Å²) in [5.74, 6) is 1.81. The zero-order chi connectivity index (χ0) is 16.2. The molecule has 122 valence electrons. The average Bonchev–Trinajstić information content (AvgIpc) is 3.33. The molecule has 5 heteroatoms. The van der Waals surface area contributed by atoms with Crippen molar-refractivity contribution < 1.29 is 8.94 Å². The van der Waals surface area contributed by atoms with Gasteiger partial charge in [-0.25, -0.2) is 0 Å². The number of anilines is 1. The Bertz CT molecular complexity index is 798. The normalized spacial score (nSPS) is 15.2. The summed E-state index contributed by atoms with van der Waals surface area (Å²) in [5.41, 5.74) is 2.22. The van der Waals surface area contributed by atoms with E-state index in [2.05, 4.69) is 39.3 Å². The van der Waals surface area contributed by atoms with Crippen LogP contribution >= 0.6 is 0 Å². The highest BCUT2D eigenvalue weighted by molar-refractivity contribution is 5.65. The van der Waals surface area contributed by atoms with Crippen molar-refractivity contribution in [1.82, 2.24) is 10.1 Å². The number of nitrogens with zero attached hydrogens (tertiary/aromatic N) is 3. The Balaban J connectivity index is 1.47. The number of benzene rings is 1. The lowest BCUT2D eigenvalue weighted by Crippen LogP contribution is -2.29. The number of aromatic nitrogens is 2. The first kappa shape index (κ1) is 14.8. The predicted molar refractivity (Wildman–Crippen MR) is 93.4 cm³/mol. The molecule has 0 amide bonds. The highest BCUT2D eigenvalue weighted by atomic mass is 16.5. The van der Waals surface area contributed by atoms with Crippen LogP contribution in [-0.2, 0) is 0 Å². The Morgan fingerprint density at radius 3 is 2.54 bits per heavy atom. The summed E-state index contributed by atoms with van der Waals surface area (Å²) in [4.78, 5) is 6.83. The van der Waals surface area contributed by atoms with Gasteiger partial charge < -0.3 is 13.8 Å². The van der Waals surface area contributed by atoms with E-state index in [1.807, 2.05) is 12.1 Å². The van der Waals surface area contributed by atoms with E-state index < -0.39 is 0 Å². The molecule has 2 aromatic heterocycles. The van der Waals surface area contributed by atoms with Gasteiger partial charge in [0.25, 0.3) is 5.89 Å². The minimum Gasteiger partial charge on any atom is -0.465 e. The third kappa shape index (κ3) is 3.25. The summed E-state index contributed by atoms with van der Waals surface area (Å²) in [6.45, 7) is 2.28. The van der Waals surface area contributed by atoms with Gasteiger partial charge in [0.1, 0.15) is 5.76 Å². The molecule has 0 N–H and O–H groups in total. The van der Waals surface area contributed by atoms with Gasteiger partial charge in [0, 0.05) is 30.4 Å². The second-order valence-electron chi connectivity index (χ2n) is 5.90. The molecule has 0 unspecified atom stereocenters. The molecule has 0 saturated carbocycles. The molecule has 0 aliphatic carbocycles. The fourth-order valence-electron chi connectivity index (χ4n) is 2.93. The molecule has 1 fully saturated rings. The first-order valence-electron chi connectivity index (χ1n) is 8.29. The molecule has 1 aromatic carbocycles. The summed E-state index contributed by atoms with van der Waals surface area (Å²) >= 11 is 0. The van der Waals surface area contributed by atoms with Gasteiger partial charge in [-0.3, -0.25) is 0 Å². The van der Waals surface area contributed by atoms with Crippen molar-refractivity contribution in [3.63, 3.8) is 0 Å². The van der Waals surface area contributed by atoms with E-state index in [1.54, 1.807) is 18.4 Å². The van der Waals surface area contributed by atoms with Gasteiger partial charge in [-0.1, -0.05) is 5.16 Å². The molecular formula is C19H19N3O2. The second kappa shape index (κ2) is 6.74. The van der Waals surface area contributed by atoms with E-state index in [-0.39, 0.29) is 0 Å². The third-order valence-corrected chi connectivity index (χ3v) is 4.22. The van der Waals surface area contributed by atoms with Crippen molar-refractivity contribution in [2.24, 2.45) is 0 Å². The van der Waals surface area contributed by atoms with E-state index in [9.17, 15) is 0 Å². The number of hydrogen-bond acceptors (Lipinski definition) is 5. The van der Waals surface area contributed by atoms with Crippen LogP contribution in [0.3, 0.4) is 0 Å². The number of furan rings is 1. The van der Waals surface area contributed by atoms with Crippen molar-refractivity contribution in [2.45, 2.75) is 19.3 Å². The van der Waals surface area contributed by atoms with Crippen molar-refractivity contribution in [1.29, 1.82) is 0 Å². The van der Waals surface area contributed by atoms with E-state index in [0.717, 1.165) is 24.4 Å². The molecule has 3 heterocycles. The lowest BCUT2D eigenvalue weighted by molar-refractivity contribution is 0.411. The summed E-state index contributed by atoms with van der Waals surface area (Å²) in [7, 11) is 0. The van der Waals surface area contributed by atoms with Gasteiger partial charge in [0.15, 0.2) is 0 Å². The van der Waals surface area contributed by atoms with Crippen molar-refractivity contribution in [2.75, 3.05) is 18.0 Å². The second-order valence-corrected chi connectivity index (χ2v) is 5.90. The average molecular weight is 321 g/mol. The molecule has 3 aromatic rings. The maximum atomic E-state index is 5.26. The number of hydrogen-bond donors (Lipinski definition) is 0. The quantitative estimate of drug-likeness (QED) is 0.708. The zero-order valence-corrected chi connectivity index (χ0v) is 13.4. The Kier molecular flexibility index (Phi) is 4.14. The van der Waals surface area contributed by atoms with Gasteiger partial charge in [0.2, 0.25) is 5.82 Å². The molecule has 0 spiro atoms. The molecule has 24 heavy (non-hydrogen) atoms. The monoisotopic (exact) mass is 321 g/mol. The summed E-state index contributed by atoms with van der Waals surface area (Å²) in [6.07, 6.45) is 9.07. The van der Waals surface area contributed by atoms with E-state index in [1.165, 1.54) is 24.9 Å². The van der Waals surface area contributed by atoms with Crippen LogP contribution in [0.25, 0.3) is 23.5 Å². The number of piperidine rings is 1. The minimum absolute atomic E-state index is 0.460. The van der Waals surface area contributed by atoms with Crippen molar-refractivity contribution in [3.05, 3.63) is 54.3 Å². The van der Waals surface area contributed by atoms with Crippen LogP contribution in [0.5, 0.6) is 0 Å². The topological polar surface area (TPSA) is 55.3 Å². The van der Waals surface area contributed by atoms with Crippen LogP contribution < -0.4 is 4.90 Å². The van der Waals surface area contributed by atoms with Crippen LogP contribution in [0.1, 0.15) is 30.9 Å². The highest BCUT2D eigenvalue weighted by Crippen LogP contribution is 2.24. The third-order valence-electron chi connectivity index (χ3n) is 4.22. The van der Waals surface area contributed by atoms with Crippen molar-refractivity contribution >= 4 is 17.8 Å². The largest absolute Gasteiger partial charge is 0.465 e. The van der Waals surface area contributed by atoms with Gasteiger partial charge >= 0.3 is 0 Å². The molecule has 1 saturated heterocycles. The highest BCUT2D eigenvalue weighted by Gasteiger charge is 2.12. The minimum atomic E-state index is 0.460. The van der Waals surface area contributed by atoms with E-state index in [0.29, 0.717) is 11.7 Å². The maximum Gasteiger partial charge on any atom is 0.251 e. The first-order valence-corrected chi connectivity index (χ1v) is 8.29. The fourth-order valence-corrected chi connectivity index (χ4v) is 2.93. The molecule has 1 aliphatic rings. The van der Waals surface area contributed by atoms with Gasteiger partial charge in [0.05, 0.1) is 6.26 Å². The lowest BCUT2D eigenvalue weighted by Gasteiger charge is -2.28. The SMILES string of the molecule is C(=C\c1nc(-c2ccc(N3CCCCC3)cc2)no1)/c1ccco1. The fraction of sp³-hybridized carbons (Fsp3) is 0.263. The Hall–Kier alpha value is -2.82. The molecule has 0 bridgehead atoms. The lowest BCUT2D eigenvalue weighted by atomic mass is 10.1. The molecule has 0 radical (unpaired) electrons. The van der Waals surface area contributed by atoms with Gasteiger partial charge in [-0.2, -0.15) is 4.98 Å². The Morgan fingerprint density at radius 1 is 0.958 bits per heavy atom. The van der Waals surface area contributed by atoms with Gasteiger partial charge in [-0.05, 0) is 61.7 Å². The summed E-state index contributed by atoms with van der Waals surface area (Å²) in [6, 6.07) is 12.1. The van der Waals surface area contributed by atoms with Crippen LogP contribution in [-0.4, -0.2) is 23.2 Å². The summed E-state index contributed by atoms with van der Waals surface area (Å²) < 4.78 is 10.5. The standard InChI is InChI=1S/C19H19N3O2/c1-2-12-22(13-3-1)16-8-6-15(7-9-16)19-20-18(24-21-19)11-10-17-5-4-14-23-17/h4-11,14H,1-3,12-13H2/b11-10+.